The highest BCUT2D eigenvalue weighted by Gasteiger charge is 2.24. The summed E-state index contributed by atoms with van der Waals surface area (Å²) in [5.74, 6) is 0.117. The number of ketones is 1. The molecular weight excluding hydrogens is 272 g/mol. The van der Waals surface area contributed by atoms with Crippen LogP contribution in [0, 0.1) is 0 Å². The standard InChI is InChI=1S/C19H14N2O/c22-19-15(10-14-8-4-5-9-17(14)19)11-16-12-18(21-20-16)13-6-2-1-3-7-13/h1-9,11-12H,10H2,(H,20,21)/b15-11+. The van der Waals surface area contributed by atoms with Crippen LogP contribution in [0.4, 0.5) is 0 Å². The van der Waals surface area contributed by atoms with E-state index in [1.54, 1.807) is 0 Å². The molecule has 0 spiro atoms. The van der Waals surface area contributed by atoms with Crippen molar-refractivity contribution in [2.24, 2.45) is 0 Å². The summed E-state index contributed by atoms with van der Waals surface area (Å²) in [4.78, 5) is 12.4. The largest absolute Gasteiger partial charge is 0.289 e. The maximum absolute atomic E-state index is 12.4. The van der Waals surface area contributed by atoms with E-state index in [0.29, 0.717) is 6.42 Å². The molecule has 0 saturated carbocycles. The summed E-state index contributed by atoms with van der Waals surface area (Å²) in [6.07, 6.45) is 2.59. The van der Waals surface area contributed by atoms with Gasteiger partial charge in [-0.05, 0) is 17.7 Å². The number of aromatic amines is 1. The summed E-state index contributed by atoms with van der Waals surface area (Å²) < 4.78 is 0. The van der Waals surface area contributed by atoms with Gasteiger partial charge in [-0.3, -0.25) is 9.89 Å². The summed E-state index contributed by atoms with van der Waals surface area (Å²) in [6, 6.07) is 19.7. The molecule has 106 valence electrons. The molecular formula is C19H14N2O. The van der Waals surface area contributed by atoms with Gasteiger partial charge in [-0.1, -0.05) is 54.6 Å². The third kappa shape index (κ3) is 2.17. The van der Waals surface area contributed by atoms with Crippen molar-refractivity contribution in [3.05, 3.63) is 83.1 Å². The van der Waals surface area contributed by atoms with Gasteiger partial charge in [0.2, 0.25) is 0 Å². The number of benzene rings is 2. The third-order valence-electron chi connectivity index (χ3n) is 3.93. The van der Waals surface area contributed by atoms with Gasteiger partial charge in [-0.15, -0.1) is 0 Å². The van der Waals surface area contributed by atoms with Crippen molar-refractivity contribution >= 4 is 11.9 Å². The highest BCUT2D eigenvalue weighted by Crippen LogP contribution is 2.27. The van der Waals surface area contributed by atoms with E-state index in [9.17, 15) is 4.79 Å². The van der Waals surface area contributed by atoms with Gasteiger partial charge in [0.25, 0.3) is 0 Å². The first-order chi connectivity index (χ1) is 10.8. The van der Waals surface area contributed by atoms with Crippen LogP contribution in [-0.4, -0.2) is 16.0 Å². The van der Waals surface area contributed by atoms with Crippen molar-refractivity contribution in [3.8, 4) is 11.3 Å². The van der Waals surface area contributed by atoms with Gasteiger partial charge in [-0.2, -0.15) is 5.10 Å². The van der Waals surface area contributed by atoms with Gasteiger partial charge >= 0.3 is 0 Å². The van der Waals surface area contributed by atoms with Crippen LogP contribution < -0.4 is 0 Å². The van der Waals surface area contributed by atoms with Crippen molar-refractivity contribution in [3.63, 3.8) is 0 Å². The number of hydrogen-bond donors (Lipinski definition) is 1. The highest BCUT2D eigenvalue weighted by molar-refractivity contribution is 6.15. The average molecular weight is 286 g/mol. The molecule has 0 radical (unpaired) electrons. The molecule has 1 aliphatic carbocycles. The van der Waals surface area contributed by atoms with E-state index in [1.165, 1.54) is 0 Å². The molecule has 1 heterocycles. The smallest absolute Gasteiger partial charge is 0.189 e. The number of carbonyl (C=O) groups excluding carboxylic acids is 1. The van der Waals surface area contributed by atoms with Crippen molar-refractivity contribution in [1.29, 1.82) is 0 Å². The highest BCUT2D eigenvalue weighted by atomic mass is 16.1. The zero-order chi connectivity index (χ0) is 14.9. The SMILES string of the molecule is O=C1/C(=C/c2cc(-c3ccccc3)n[nH]2)Cc2ccccc21. The monoisotopic (exact) mass is 286 g/mol. The van der Waals surface area contributed by atoms with Crippen molar-refractivity contribution in [2.75, 3.05) is 0 Å². The molecule has 1 aliphatic rings. The zero-order valence-electron chi connectivity index (χ0n) is 11.9. The Morgan fingerprint density at radius 1 is 1.00 bits per heavy atom. The van der Waals surface area contributed by atoms with E-state index in [2.05, 4.69) is 10.2 Å². The van der Waals surface area contributed by atoms with Crippen molar-refractivity contribution in [1.82, 2.24) is 10.2 Å². The summed E-state index contributed by atoms with van der Waals surface area (Å²) in [7, 11) is 0. The van der Waals surface area contributed by atoms with Crippen molar-refractivity contribution in [2.45, 2.75) is 6.42 Å². The second-order valence-corrected chi connectivity index (χ2v) is 5.41. The maximum atomic E-state index is 12.4. The minimum atomic E-state index is 0.117. The summed E-state index contributed by atoms with van der Waals surface area (Å²) >= 11 is 0. The fourth-order valence-electron chi connectivity index (χ4n) is 2.83. The number of allylic oxidation sites excluding steroid dienone is 1. The minimum Gasteiger partial charge on any atom is -0.289 e. The van der Waals surface area contributed by atoms with E-state index in [1.807, 2.05) is 66.7 Å². The lowest BCUT2D eigenvalue weighted by Gasteiger charge is -1.93. The molecule has 3 nitrogen and oxygen atoms in total. The fourth-order valence-corrected chi connectivity index (χ4v) is 2.83. The lowest BCUT2D eigenvalue weighted by Crippen LogP contribution is -1.94. The Bertz CT molecular complexity index is 875. The molecule has 0 saturated heterocycles. The lowest BCUT2D eigenvalue weighted by atomic mass is 10.1. The number of carbonyl (C=O) groups is 1. The van der Waals surface area contributed by atoms with Crippen LogP contribution in [0.3, 0.4) is 0 Å². The average Bonchev–Trinajstić information content (AvgIpc) is 3.15. The number of fused-ring (bicyclic) bond motifs is 1. The normalized spacial score (nSPS) is 15.3. The number of hydrogen-bond acceptors (Lipinski definition) is 2. The van der Waals surface area contributed by atoms with E-state index in [4.69, 9.17) is 0 Å². The number of nitrogens with one attached hydrogen (secondary N) is 1. The number of Topliss-reactive ketones (excluding diaryl/α,β-unsaturated/α-hetero) is 1. The van der Waals surface area contributed by atoms with Crippen LogP contribution in [-0.2, 0) is 6.42 Å². The lowest BCUT2D eigenvalue weighted by molar-refractivity contribution is 0.104. The second kappa shape index (κ2) is 5.11. The van der Waals surface area contributed by atoms with Crippen LogP contribution in [0.15, 0.2) is 66.2 Å². The minimum absolute atomic E-state index is 0.117. The van der Waals surface area contributed by atoms with Crippen LogP contribution in [0.25, 0.3) is 17.3 Å². The molecule has 0 bridgehead atoms. The predicted octanol–water partition coefficient (Wildman–Crippen LogP) is 3.90. The molecule has 0 atom stereocenters. The van der Waals surface area contributed by atoms with Crippen LogP contribution in [0.2, 0.25) is 0 Å². The molecule has 0 aliphatic heterocycles. The van der Waals surface area contributed by atoms with Crippen LogP contribution in [0.1, 0.15) is 21.6 Å². The van der Waals surface area contributed by atoms with Gasteiger partial charge in [0.05, 0.1) is 11.4 Å². The summed E-state index contributed by atoms with van der Waals surface area (Å²) in [6.45, 7) is 0. The molecule has 1 N–H and O–H groups in total. The quantitative estimate of drug-likeness (QED) is 0.726. The van der Waals surface area contributed by atoms with Crippen LogP contribution >= 0.6 is 0 Å². The van der Waals surface area contributed by atoms with Crippen LogP contribution in [0.5, 0.6) is 0 Å². The number of nitrogens with zero attached hydrogens (tertiary/aromatic N) is 1. The number of rotatable bonds is 2. The van der Waals surface area contributed by atoms with Gasteiger partial charge < -0.3 is 0 Å². The molecule has 0 amide bonds. The molecule has 3 aromatic rings. The van der Waals surface area contributed by atoms with E-state index in [-0.39, 0.29) is 5.78 Å². The van der Waals surface area contributed by atoms with Gasteiger partial charge in [0.1, 0.15) is 0 Å². The topological polar surface area (TPSA) is 45.8 Å². The Morgan fingerprint density at radius 2 is 1.77 bits per heavy atom. The van der Waals surface area contributed by atoms with E-state index >= 15 is 0 Å². The Kier molecular flexibility index (Phi) is 2.97. The molecule has 3 heteroatoms. The summed E-state index contributed by atoms with van der Waals surface area (Å²) in [5, 5.41) is 7.32. The zero-order valence-corrected chi connectivity index (χ0v) is 11.9. The predicted molar refractivity (Wildman–Crippen MR) is 86.5 cm³/mol. The van der Waals surface area contributed by atoms with Gasteiger partial charge in [0, 0.05) is 23.1 Å². The number of H-pyrrole nitrogens is 1. The molecule has 0 fully saturated rings. The second-order valence-electron chi connectivity index (χ2n) is 5.41. The Labute approximate surface area is 128 Å². The molecule has 22 heavy (non-hydrogen) atoms. The van der Waals surface area contributed by atoms with Gasteiger partial charge in [0.15, 0.2) is 5.78 Å². The Hall–Kier alpha value is -2.94. The Morgan fingerprint density at radius 3 is 2.59 bits per heavy atom. The van der Waals surface area contributed by atoms with E-state index < -0.39 is 0 Å². The summed E-state index contributed by atoms with van der Waals surface area (Å²) in [5.41, 5.74) is 5.53. The molecule has 4 rings (SSSR count). The third-order valence-corrected chi connectivity index (χ3v) is 3.93. The molecule has 1 aromatic heterocycles. The first kappa shape index (κ1) is 12.8. The fraction of sp³-hybridized carbons (Fsp3) is 0.0526. The maximum Gasteiger partial charge on any atom is 0.189 e. The van der Waals surface area contributed by atoms with E-state index in [0.717, 1.165) is 33.7 Å². The van der Waals surface area contributed by atoms with Gasteiger partial charge in [-0.25, -0.2) is 0 Å². The Balaban J connectivity index is 1.65. The van der Waals surface area contributed by atoms with Crippen molar-refractivity contribution < 1.29 is 4.79 Å². The first-order valence-corrected chi connectivity index (χ1v) is 7.25. The molecule has 0 unspecified atom stereocenters. The molecule has 2 aromatic carbocycles. The number of aromatic nitrogens is 2. The first-order valence-electron chi connectivity index (χ1n) is 7.25.